The van der Waals surface area contributed by atoms with Crippen molar-refractivity contribution in [3.05, 3.63) is 33.8 Å². The summed E-state index contributed by atoms with van der Waals surface area (Å²) in [6, 6.07) is 5.05. The van der Waals surface area contributed by atoms with Crippen LogP contribution in [0.15, 0.2) is 18.2 Å². The first kappa shape index (κ1) is 19.8. The van der Waals surface area contributed by atoms with E-state index in [9.17, 15) is 9.59 Å². The molecule has 0 N–H and O–H groups in total. The van der Waals surface area contributed by atoms with Crippen molar-refractivity contribution in [2.24, 2.45) is 0 Å². The fourth-order valence-corrected chi connectivity index (χ4v) is 5.44. The third-order valence-electron chi connectivity index (χ3n) is 5.23. The molecule has 0 bridgehead atoms. The van der Waals surface area contributed by atoms with Gasteiger partial charge in [-0.15, -0.1) is 11.8 Å². The molecule has 0 unspecified atom stereocenters. The van der Waals surface area contributed by atoms with Gasteiger partial charge in [0.15, 0.2) is 0 Å². The number of thioether (sulfide) groups is 1. The number of amides is 2. The van der Waals surface area contributed by atoms with E-state index >= 15 is 0 Å². The zero-order valence-corrected chi connectivity index (χ0v) is 17.3. The van der Waals surface area contributed by atoms with Crippen molar-refractivity contribution in [3.63, 3.8) is 0 Å². The summed E-state index contributed by atoms with van der Waals surface area (Å²) in [5, 5.41) is 0.849. The molecule has 2 saturated heterocycles. The molecule has 1 aromatic carbocycles. The molecule has 2 heterocycles. The number of unbranched alkanes of at least 4 members (excludes halogenated alkanes) is 1. The van der Waals surface area contributed by atoms with Gasteiger partial charge in [-0.25, -0.2) is 0 Å². The van der Waals surface area contributed by atoms with Crippen LogP contribution in [0.3, 0.4) is 0 Å². The van der Waals surface area contributed by atoms with Crippen LogP contribution in [0.4, 0.5) is 0 Å². The largest absolute Gasteiger partial charge is 0.342 e. The average molecular weight is 415 g/mol. The Morgan fingerprint density at radius 1 is 1.15 bits per heavy atom. The summed E-state index contributed by atoms with van der Waals surface area (Å²) in [5.74, 6) is 1.17. The molecule has 2 aliphatic heterocycles. The zero-order chi connectivity index (χ0) is 18.7. The number of carbonyl (C=O) groups excluding carboxylic acids is 2. The highest BCUT2D eigenvalue weighted by molar-refractivity contribution is 8.00. The molecule has 0 atom stereocenters. The molecule has 3 rings (SSSR count). The van der Waals surface area contributed by atoms with Gasteiger partial charge in [-0.3, -0.25) is 9.59 Å². The Morgan fingerprint density at radius 2 is 1.88 bits per heavy atom. The Bertz CT molecular complexity index is 690. The molecule has 2 aliphatic rings. The molecular formula is C19H24Cl2N2O2S. The summed E-state index contributed by atoms with van der Waals surface area (Å²) >= 11 is 13.9. The number of hydrogen-bond donors (Lipinski definition) is 0. The maximum atomic E-state index is 13.1. The van der Waals surface area contributed by atoms with Crippen LogP contribution < -0.4 is 0 Å². The molecule has 2 fully saturated rings. The topological polar surface area (TPSA) is 40.6 Å². The van der Waals surface area contributed by atoms with Gasteiger partial charge < -0.3 is 9.80 Å². The van der Waals surface area contributed by atoms with E-state index in [1.807, 2.05) is 21.6 Å². The van der Waals surface area contributed by atoms with Crippen LogP contribution in [0.5, 0.6) is 0 Å². The normalized spacial score (nSPS) is 19.2. The highest BCUT2D eigenvalue weighted by Gasteiger charge is 2.47. The van der Waals surface area contributed by atoms with E-state index in [2.05, 4.69) is 6.92 Å². The molecule has 0 saturated carbocycles. The maximum Gasteiger partial charge on any atom is 0.255 e. The molecule has 0 aromatic heterocycles. The van der Waals surface area contributed by atoms with Crippen LogP contribution in [0.1, 0.15) is 49.4 Å². The van der Waals surface area contributed by atoms with Crippen molar-refractivity contribution in [3.8, 4) is 0 Å². The maximum absolute atomic E-state index is 13.1. The summed E-state index contributed by atoms with van der Waals surface area (Å²) < 4.78 is 0. The first-order chi connectivity index (χ1) is 12.5. The Balaban J connectivity index is 1.69. The number of benzene rings is 1. The van der Waals surface area contributed by atoms with Crippen molar-refractivity contribution in [2.75, 3.05) is 25.4 Å². The average Bonchev–Trinajstić information content (AvgIpc) is 3.05. The first-order valence-electron chi connectivity index (χ1n) is 9.15. The van der Waals surface area contributed by atoms with Crippen LogP contribution in [-0.2, 0) is 4.79 Å². The van der Waals surface area contributed by atoms with E-state index in [4.69, 9.17) is 23.2 Å². The van der Waals surface area contributed by atoms with Gasteiger partial charge in [-0.05, 0) is 37.5 Å². The third-order valence-corrected chi connectivity index (χ3v) is 7.52. The van der Waals surface area contributed by atoms with Gasteiger partial charge in [-0.2, -0.15) is 0 Å². The Labute approximate surface area is 169 Å². The summed E-state index contributed by atoms with van der Waals surface area (Å²) in [7, 11) is 0. The number of halogens is 2. The third kappa shape index (κ3) is 4.00. The van der Waals surface area contributed by atoms with Crippen LogP contribution >= 0.6 is 35.0 Å². The molecule has 1 spiro atoms. The van der Waals surface area contributed by atoms with Crippen molar-refractivity contribution in [1.29, 1.82) is 0 Å². The lowest BCUT2D eigenvalue weighted by Gasteiger charge is -2.44. The lowest BCUT2D eigenvalue weighted by molar-refractivity contribution is -0.132. The van der Waals surface area contributed by atoms with Gasteiger partial charge in [0.2, 0.25) is 5.91 Å². The number of rotatable bonds is 4. The minimum Gasteiger partial charge on any atom is -0.342 e. The fourth-order valence-electron chi connectivity index (χ4n) is 3.69. The standard InChI is InChI=1S/C19H24Cl2N2O2S/c1-2-3-4-17(24)22-9-7-19(8-10-22)23(11-12-26-19)18(25)14-5-6-15(20)16(21)13-14/h5-6,13H,2-4,7-12H2,1H3. The van der Waals surface area contributed by atoms with E-state index in [0.29, 0.717) is 22.0 Å². The summed E-state index contributed by atoms with van der Waals surface area (Å²) in [5.41, 5.74) is 0.572. The van der Waals surface area contributed by atoms with Crippen LogP contribution in [-0.4, -0.2) is 51.9 Å². The first-order valence-corrected chi connectivity index (χ1v) is 10.9. The van der Waals surface area contributed by atoms with Gasteiger partial charge >= 0.3 is 0 Å². The summed E-state index contributed by atoms with van der Waals surface area (Å²) in [6.45, 7) is 4.27. The summed E-state index contributed by atoms with van der Waals surface area (Å²) in [6.07, 6.45) is 4.25. The van der Waals surface area contributed by atoms with Crippen molar-refractivity contribution in [1.82, 2.24) is 9.80 Å². The van der Waals surface area contributed by atoms with Crippen molar-refractivity contribution >= 4 is 46.8 Å². The highest BCUT2D eigenvalue weighted by atomic mass is 35.5. The van der Waals surface area contributed by atoms with Gasteiger partial charge in [-0.1, -0.05) is 36.5 Å². The van der Waals surface area contributed by atoms with Crippen molar-refractivity contribution in [2.45, 2.75) is 43.9 Å². The predicted octanol–water partition coefficient (Wildman–Crippen LogP) is 4.69. The molecule has 142 valence electrons. The molecule has 2 amide bonds. The van der Waals surface area contributed by atoms with E-state index in [0.717, 1.165) is 51.1 Å². The lowest BCUT2D eigenvalue weighted by Crippen LogP contribution is -2.53. The number of hydrogen-bond acceptors (Lipinski definition) is 3. The number of carbonyl (C=O) groups is 2. The summed E-state index contributed by atoms with van der Waals surface area (Å²) in [4.78, 5) is 29.1. The second kappa shape index (κ2) is 8.41. The van der Waals surface area contributed by atoms with Crippen molar-refractivity contribution < 1.29 is 9.59 Å². The Hall–Kier alpha value is -0.910. The van der Waals surface area contributed by atoms with Gasteiger partial charge in [0.25, 0.3) is 5.91 Å². The molecule has 0 radical (unpaired) electrons. The van der Waals surface area contributed by atoms with Gasteiger partial charge in [0, 0.05) is 37.4 Å². The van der Waals surface area contributed by atoms with E-state index in [-0.39, 0.29) is 16.7 Å². The molecule has 26 heavy (non-hydrogen) atoms. The smallest absolute Gasteiger partial charge is 0.255 e. The van der Waals surface area contributed by atoms with E-state index in [1.54, 1.807) is 18.2 Å². The van der Waals surface area contributed by atoms with Crippen LogP contribution in [0.2, 0.25) is 10.0 Å². The minimum absolute atomic E-state index is 0.000624. The zero-order valence-electron chi connectivity index (χ0n) is 15.0. The molecular weight excluding hydrogens is 391 g/mol. The highest BCUT2D eigenvalue weighted by Crippen LogP contribution is 2.44. The number of likely N-dealkylation sites (tertiary alicyclic amines) is 1. The van der Waals surface area contributed by atoms with E-state index in [1.165, 1.54) is 0 Å². The number of piperidine rings is 1. The molecule has 1 aromatic rings. The minimum atomic E-state index is -0.204. The SMILES string of the molecule is CCCCC(=O)N1CCC2(CC1)SCCN2C(=O)c1ccc(Cl)c(Cl)c1. The predicted molar refractivity (Wildman–Crippen MR) is 108 cm³/mol. The fraction of sp³-hybridized carbons (Fsp3) is 0.579. The Morgan fingerprint density at radius 3 is 2.54 bits per heavy atom. The monoisotopic (exact) mass is 414 g/mol. The quantitative estimate of drug-likeness (QED) is 0.716. The Kier molecular flexibility index (Phi) is 6.41. The van der Waals surface area contributed by atoms with E-state index < -0.39 is 0 Å². The second-order valence-electron chi connectivity index (χ2n) is 6.86. The lowest BCUT2D eigenvalue weighted by atomic mass is 10.0. The second-order valence-corrected chi connectivity index (χ2v) is 9.14. The number of nitrogens with zero attached hydrogens (tertiary/aromatic N) is 2. The molecule has 4 nitrogen and oxygen atoms in total. The van der Waals surface area contributed by atoms with Crippen LogP contribution in [0.25, 0.3) is 0 Å². The van der Waals surface area contributed by atoms with Crippen LogP contribution in [0, 0.1) is 0 Å². The van der Waals surface area contributed by atoms with Gasteiger partial charge in [0.1, 0.15) is 0 Å². The molecule has 7 heteroatoms. The van der Waals surface area contributed by atoms with Gasteiger partial charge in [0.05, 0.1) is 14.9 Å². The molecule has 0 aliphatic carbocycles.